The van der Waals surface area contributed by atoms with Crippen molar-refractivity contribution in [1.29, 1.82) is 0 Å². The molecule has 4 rings (SSSR count). The van der Waals surface area contributed by atoms with Crippen molar-refractivity contribution in [3.63, 3.8) is 0 Å². The normalized spacial score (nSPS) is 11.7. The number of hydrogen-bond acceptors (Lipinski definition) is 6. The largest absolute Gasteiger partial charge is 0.291 e. The zero-order valence-electron chi connectivity index (χ0n) is 15.7. The molecule has 3 heterocycles. The summed E-state index contributed by atoms with van der Waals surface area (Å²) in [4.78, 5) is 16.5. The monoisotopic (exact) mass is 464 g/mol. The van der Waals surface area contributed by atoms with Gasteiger partial charge in [0.2, 0.25) is 0 Å². The van der Waals surface area contributed by atoms with Crippen LogP contribution in [0.2, 0.25) is 10.0 Å². The van der Waals surface area contributed by atoms with E-state index in [4.69, 9.17) is 23.2 Å². The van der Waals surface area contributed by atoms with Gasteiger partial charge in [-0.1, -0.05) is 23.2 Å². The van der Waals surface area contributed by atoms with Gasteiger partial charge < -0.3 is 0 Å². The van der Waals surface area contributed by atoms with Crippen LogP contribution >= 0.6 is 23.2 Å². The number of nitrogens with one attached hydrogen (secondary N) is 1. The van der Waals surface area contributed by atoms with Crippen LogP contribution in [0, 0.1) is 6.92 Å². The molecule has 0 aliphatic rings. The van der Waals surface area contributed by atoms with Gasteiger partial charge in [0.1, 0.15) is 5.02 Å². The number of anilines is 1. The molecule has 9 nitrogen and oxygen atoms in total. The molecule has 30 heavy (non-hydrogen) atoms. The van der Waals surface area contributed by atoms with Crippen molar-refractivity contribution in [3.8, 4) is 5.69 Å². The first-order valence-corrected chi connectivity index (χ1v) is 10.8. The van der Waals surface area contributed by atoms with E-state index in [9.17, 15) is 13.2 Å². The van der Waals surface area contributed by atoms with Gasteiger partial charge in [-0.3, -0.25) is 14.2 Å². The third-order valence-electron chi connectivity index (χ3n) is 4.38. The molecule has 12 heteroatoms. The number of aromatic nitrogens is 5. The van der Waals surface area contributed by atoms with Crippen LogP contribution in [0.5, 0.6) is 0 Å². The van der Waals surface area contributed by atoms with Gasteiger partial charge in [-0.25, -0.2) is 13.4 Å². The van der Waals surface area contributed by atoms with Crippen LogP contribution in [0.1, 0.15) is 5.69 Å². The highest BCUT2D eigenvalue weighted by atomic mass is 35.5. The van der Waals surface area contributed by atoms with Crippen LogP contribution in [-0.2, 0) is 17.1 Å². The highest BCUT2D eigenvalue weighted by Crippen LogP contribution is 2.22. The standard InChI is InChI=1S/C18H14Cl2N6O3S/c1-10-14-7-11(8-21-17(14)25(2)23-10)24-30(28,29)13-5-3-12(4-6-13)26-18(27)16(20)15(19)9-22-26/h3-9,24H,1-2H3. The maximum absolute atomic E-state index is 12.8. The SMILES string of the molecule is Cc1nn(C)c2ncc(NS(=O)(=O)c3ccc(-n4ncc(Cl)c(Cl)c4=O)cc3)cc12. The molecule has 0 aliphatic carbocycles. The van der Waals surface area contributed by atoms with Crippen LogP contribution in [0.25, 0.3) is 16.7 Å². The van der Waals surface area contributed by atoms with Crippen molar-refractivity contribution in [1.82, 2.24) is 24.5 Å². The summed E-state index contributed by atoms with van der Waals surface area (Å²) in [6.07, 6.45) is 2.66. The van der Waals surface area contributed by atoms with E-state index in [-0.39, 0.29) is 14.9 Å². The summed E-state index contributed by atoms with van der Waals surface area (Å²) >= 11 is 11.6. The van der Waals surface area contributed by atoms with Crippen molar-refractivity contribution >= 4 is 49.9 Å². The summed E-state index contributed by atoms with van der Waals surface area (Å²) in [5.74, 6) is 0. The zero-order valence-corrected chi connectivity index (χ0v) is 18.0. The summed E-state index contributed by atoms with van der Waals surface area (Å²) < 4.78 is 30.7. The average Bonchev–Trinajstić information content (AvgIpc) is 2.99. The average molecular weight is 465 g/mol. The van der Waals surface area contributed by atoms with E-state index < -0.39 is 15.6 Å². The maximum atomic E-state index is 12.8. The van der Waals surface area contributed by atoms with E-state index in [0.717, 1.165) is 15.8 Å². The summed E-state index contributed by atoms with van der Waals surface area (Å²) in [6.45, 7) is 1.82. The molecule has 0 unspecified atom stereocenters. The fourth-order valence-corrected chi connectivity index (χ4v) is 4.23. The molecule has 0 atom stereocenters. The van der Waals surface area contributed by atoms with E-state index in [2.05, 4.69) is 19.9 Å². The van der Waals surface area contributed by atoms with Crippen molar-refractivity contribution in [2.24, 2.45) is 7.05 Å². The van der Waals surface area contributed by atoms with E-state index >= 15 is 0 Å². The molecule has 0 radical (unpaired) electrons. The Balaban J connectivity index is 1.65. The molecule has 1 N–H and O–H groups in total. The molecular formula is C18H14Cl2N6O3S. The first kappa shape index (κ1) is 20.3. The molecule has 0 aliphatic heterocycles. The van der Waals surface area contributed by atoms with E-state index in [0.29, 0.717) is 17.0 Å². The second-order valence-corrected chi connectivity index (χ2v) is 8.89. The highest BCUT2D eigenvalue weighted by Gasteiger charge is 2.17. The van der Waals surface area contributed by atoms with Gasteiger partial charge in [-0.2, -0.15) is 14.9 Å². The number of aryl methyl sites for hydroxylation is 2. The van der Waals surface area contributed by atoms with Crippen LogP contribution in [-0.4, -0.2) is 33.0 Å². The van der Waals surface area contributed by atoms with E-state index in [1.807, 2.05) is 6.92 Å². The predicted octanol–water partition coefficient (Wildman–Crippen LogP) is 2.93. The molecule has 0 spiro atoms. The Morgan fingerprint density at radius 3 is 2.50 bits per heavy atom. The molecule has 0 fully saturated rings. The summed E-state index contributed by atoms with van der Waals surface area (Å²) in [5, 5.41) is 8.80. The van der Waals surface area contributed by atoms with Gasteiger partial charge in [-0.15, -0.1) is 0 Å². The predicted molar refractivity (Wildman–Crippen MR) is 114 cm³/mol. The van der Waals surface area contributed by atoms with Gasteiger partial charge in [0.05, 0.1) is 39.4 Å². The van der Waals surface area contributed by atoms with Gasteiger partial charge in [-0.05, 0) is 37.3 Å². The Kier molecular flexibility index (Phi) is 5.00. The Hall–Kier alpha value is -2.95. The fourth-order valence-electron chi connectivity index (χ4n) is 2.94. The molecule has 0 amide bonds. The molecule has 0 saturated heterocycles. The Labute approximate surface area is 180 Å². The van der Waals surface area contributed by atoms with Crippen molar-refractivity contribution in [2.75, 3.05) is 4.72 Å². The van der Waals surface area contributed by atoms with Gasteiger partial charge in [0.15, 0.2) is 5.65 Å². The van der Waals surface area contributed by atoms with Gasteiger partial charge in [0, 0.05) is 12.4 Å². The quantitative estimate of drug-likeness (QED) is 0.496. The maximum Gasteiger partial charge on any atom is 0.291 e. The lowest BCUT2D eigenvalue weighted by Crippen LogP contribution is -2.21. The number of benzene rings is 1. The second-order valence-electron chi connectivity index (χ2n) is 6.43. The van der Waals surface area contributed by atoms with E-state index in [1.165, 1.54) is 36.7 Å². The summed E-state index contributed by atoms with van der Waals surface area (Å²) in [6, 6.07) is 7.28. The van der Waals surface area contributed by atoms with Crippen molar-refractivity contribution < 1.29 is 8.42 Å². The van der Waals surface area contributed by atoms with Crippen LogP contribution in [0.4, 0.5) is 5.69 Å². The number of rotatable bonds is 4. The third kappa shape index (κ3) is 3.53. The third-order valence-corrected chi connectivity index (χ3v) is 6.53. The van der Waals surface area contributed by atoms with Gasteiger partial charge in [0.25, 0.3) is 15.6 Å². The van der Waals surface area contributed by atoms with Crippen LogP contribution in [0.15, 0.2) is 52.4 Å². The lowest BCUT2D eigenvalue weighted by molar-refractivity contribution is 0.601. The first-order valence-electron chi connectivity index (χ1n) is 8.53. The molecular weight excluding hydrogens is 451 g/mol. The van der Waals surface area contributed by atoms with E-state index in [1.54, 1.807) is 17.8 Å². The Morgan fingerprint density at radius 2 is 1.80 bits per heavy atom. The van der Waals surface area contributed by atoms with Crippen LogP contribution in [0.3, 0.4) is 0 Å². The molecule has 4 aromatic rings. The number of pyridine rings is 1. The summed E-state index contributed by atoms with van der Waals surface area (Å²) in [7, 11) is -2.12. The number of halogens is 2. The topological polar surface area (TPSA) is 112 Å². The highest BCUT2D eigenvalue weighted by molar-refractivity contribution is 7.92. The van der Waals surface area contributed by atoms with Crippen LogP contribution < -0.4 is 10.3 Å². The Morgan fingerprint density at radius 1 is 1.10 bits per heavy atom. The fraction of sp³-hybridized carbons (Fsp3) is 0.111. The molecule has 1 aromatic carbocycles. The number of hydrogen-bond donors (Lipinski definition) is 1. The molecule has 0 bridgehead atoms. The second kappa shape index (κ2) is 7.38. The van der Waals surface area contributed by atoms with Crippen molar-refractivity contribution in [2.45, 2.75) is 11.8 Å². The minimum absolute atomic E-state index is 0.00219. The molecule has 154 valence electrons. The number of fused-ring (bicyclic) bond motifs is 1. The van der Waals surface area contributed by atoms with Crippen molar-refractivity contribution in [3.05, 3.63) is 68.8 Å². The molecule has 3 aromatic heterocycles. The molecule has 0 saturated carbocycles. The minimum atomic E-state index is -3.88. The zero-order chi connectivity index (χ0) is 21.6. The number of sulfonamides is 1. The van der Waals surface area contributed by atoms with Gasteiger partial charge >= 0.3 is 0 Å². The minimum Gasteiger partial charge on any atom is -0.278 e. The lowest BCUT2D eigenvalue weighted by Gasteiger charge is -2.10. The summed E-state index contributed by atoms with van der Waals surface area (Å²) in [5.41, 5.74) is 1.44. The first-order chi connectivity index (χ1) is 14.2. The number of nitrogens with zero attached hydrogens (tertiary/aromatic N) is 5. The Bertz CT molecular complexity index is 1450. The smallest absolute Gasteiger partial charge is 0.278 e. The lowest BCUT2D eigenvalue weighted by atomic mass is 10.3.